The molecule has 2 aromatic heterocycles. The van der Waals surface area contributed by atoms with Gasteiger partial charge in [0.15, 0.2) is 0 Å². The van der Waals surface area contributed by atoms with Crippen molar-refractivity contribution in [2.24, 2.45) is 0 Å². The van der Waals surface area contributed by atoms with E-state index in [9.17, 15) is 4.79 Å². The first-order valence-electron chi connectivity index (χ1n) is 10.2. The third-order valence-corrected chi connectivity index (χ3v) is 6.23. The predicted molar refractivity (Wildman–Crippen MR) is 110 cm³/mol. The van der Waals surface area contributed by atoms with E-state index in [0.717, 1.165) is 37.0 Å². The van der Waals surface area contributed by atoms with Crippen LogP contribution in [0.1, 0.15) is 46.9 Å². The topological polar surface area (TPSA) is 61.0 Å². The fourth-order valence-corrected chi connectivity index (χ4v) is 4.77. The van der Waals surface area contributed by atoms with Crippen LogP contribution < -0.4 is 5.32 Å². The lowest BCUT2D eigenvalue weighted by Gasteiger charge is -2.26. The van der Waals surface area contributed by atoms with Gasteiger partial charge in [-0.2, -0.15) is 0 Å². The van der Waals surface area contributed by atoms with E-state index >= 15 is 0 Å². The molecule has 1 amide bonds. The highest BCUT2D eigenvalue weighted by Crippen LogP contribution is 2.27. The van der Waals surface area contributed by atoms with Gasteiger partial charge in [-0.1, -0.05) is 18.2 Å². The molecule has 0 bridgehead atoms. The fourth-order valence-electron chi connectivity index (χ4n) is 4.77. The first-order valence-corrected chi connectivity index (χ1v) is 10.2. The number of nitrogens with one attached hydrogen (secondary N) is 2. The average molecular weight is 374 g/mol. The summed E-state index contributed by atoms with van der Waals surface area (Å²) < 4.78 is 0. The van der Waals surface area contributed by atoms with E-state index in [4.69, 9.17) is 0 Å². The molecule has 1 aliphatic carbocycles. The van der Waals surface area contributed by atoms with E-state index in [-0.39, 0.29) is 11.4 Å². The third-order valence-electron chi connectivity index (χ3n) is 6.23. The number of hydrogen-bond donors (Lipinski definition) is 2. The maximum atomic E-state index is 12.9. The van der Waals surface area contributed by atoms with Crippen LogP contribution in [0.2, 0.25) is 0 Å². The molecule has 1 fully saturated rings. The van der Waals surface area contributed by atoms with Gasteiger partial charge >= 0.3 is 0 Å². The Bertz CT molecular complexity index is 1040. The summed E-state index contributed by atoms with van der Waals surface area (Å²) in [5.74, 6) is -0.0907. The van der Waals surface area contributed by atoms with Gasteiger partial charge in [0.25, 0.3) is 5.91 Å². The Balaban J connectivity index is 1.27. The molecule has 5 rings (SSSR count). The SMILES string of the molecule is CC1(NC(=O)c2nccc3[nH]ccc23)CCN(Cc2ccc3c(c2)CCC3)C1. The highest BCUT2D eigenvalue weighted by molar-refractivity contribution is 6.04. The first-order chi connectivity index (χ1) is 13.6. The number of rotatable bonds is 4. The normalized spacial score (nSPS) is 21.9. The van der Waals surface area contributed by atoms with Gasteiger partial charge in [0.2, 0.25) is 0 Å². The molecule has 2 aliphatic rings. The minimum atomic E-state index is -0.228. The number of pyridine rings is 1. The summed E-state index contributed by atoms with van der Waals surface area (Å²) >= 11 is 0. The van der Waals surface area contributed by atoms with E-state index in [0.29, 0.717) is 5.69 Å². The largest absolute Gasteiger partial charge is 0.361 e. The summed E-state index contributed by atoms with van der Waals surface area (Å²) in [6.07, 6.45) is 8.21. The summed E-state index contributed by atoms with van der Waals surface area (Å²) in [4.78, 5) is 22.8. The summed E-state index contributed by atoms with van der Waals surface area (Å²) in [5, 5.41) is 4.13. The lowest BCUT2D eigenvalue weighted by Crippen LogP contribution is -2.48. The first kappa shape index (κ1) is 17.4. The van der Waals surface area contributed by atoms with Crippen molar-refractivity contribution in [2.75, 3.05) is 13.1 Å². The lowest BCUT2D eigenvalue weighted by atomic mass is 10.0. The Morgan fingerprint density at radius 2 is 2.14 bits per heavy atom. The maximum absolute atomic E-state index is 12.9. The van der Waals surface area contributed by atoms with E-state index in [1.54, 1.807) is 6.20 Å². The van der Waals surface area contributed by atoms with Gasteiger partial charge in [-0.15, -0.1) is 0 Å². The lowest BCUT2D eigenvalue weighted by molar-refractivity contribution is 0.0904. The molecule has 2 N–H and O–H groups in total. The smallest absolute Gasteiger partial charge is 0.271 e. The summed E-state index contributed by atoms with van der Waals surface area (Å²) in [6, 6.07) is 10.8. The van der Waals surface area contributed by atoms with Crippen LogP contribution in [0.3, 0.4) is 0 Å². The standard InChI is InChI=1S/C23H26N4O/c1-23(26-22(28)21-19-7-10-24-20(19)8-11-25-21)9-12-27(15-23)14-16-5-6-17-3-2-4-18(17)13-16/h5-8,10-11,13,24H,2-4,9,12,14-15H2,1H3,(H,26,28). The molecule has 5 nitrogen and oxygen atoms in total. The molecule has 1 aromatic carbocycles. The van der Waals surface area contributed by atoms with Crippen LogP contribution in [0.25, 0.3) is 10.9 Å². The van der Waals surface area contributed by atoms with Crippen LogP contribution in [0.5, 0.6) is 0 Å². The third kappa shape index (κ3) is 3.20. The molecule has 0 saturated carbocycles. The molecule has 1 aliphatic heterocycles. The number of hydrogen-bond acceptors (Lipinski definition) is 3. The van der Waals surface area contributed by atoms with Crippen LogP contribution in [-0.4, -0.2) is 39.4 Å². The number of carbonyl (C=O) groups is 1. The van der Waals surface area contributed by atoms with Gasteiger partial charge in [0, 0.05) is 42.9 Å². The van der Waals surface area contributed by atoms with Crippen LogP contribution >= 0.6 is 0 Å². The number of aryl methyl sites for hydroxylation is 2. The maximum Gasteiger partial charge on any atom is 0.271 e. The van der Waals surface area contributed by atoms with Crippen molar-refractivity contribution in [3.05, 3.63) is 65.1 Å². The molecule has 1 atom stereocenters. The Morgan fingerprint density at radius 1 is 1.25 bits per heavy atom. The van der Waals surface area contributed by atoms with Crippen molar-refractivity contribution in [2.45, 2.75) is 44.7 Å². The van der Waals surface area contributed by atoms with E-state index < -0.39 is 0 Å². The molecule has 5 heteroatoms. The number of fused-ring (bicyclic) bond motifs is 2. The van der Waals surface area contributed by atoms with E-state index in [2.05, 4.69) is 45.3 Å². The zero-order chi connectivity index (χ0) is 19.1. The molecule has 1 saturated heterocycles. The molecule has 3 aromatic rings. The van der Waals surface area contributed by atoms with Crippen molar-refractivity contribution in [3.63, 3.8) is 0 Å². The van der Waals surface area contributed by atoms with Gasteiger partial charge in [-0.05, 0) is 61.4 Å². The zero-order valence-electron chi connectivity index (χ0n) is 16.3. The number of aromatic amines is 1. The summed E-state index contributed by atoms with van der Waals surface area (Å²) in [5.41, 5.74) is 5.64. The van der Waals surface area contributed by atoms with Gasteiger partial charge in [0.05, 0.1) is 5.54 Å². The minimum absolute atomic E-state index is 0.0907. The molecule has 0 radical (unpaired) electrons. The number of nitrogens with zero attached hydrogens (tertiary/aromatic N) is 2. The van der Waals surface area contributed by atoms with Crippen molar-refractivity contribution in [3.8, 4) is 0 Å². The van der Waals surface area contributed by atoms with Gasteiger partial charge < -0.3 is 10.3 Å². The highest BCUT2D eigenvalue weighted by atomic mass is 16.2. The highest BCUT2D eigenvalue weighted by Gasteiger charge is 2.35. The van der Waals surface area contributed by atoms with Crippen LogP contribution in [0.4, 0.5) is 0 Å². The van der Waals surface area contributed by atoms with Gasteiger partial charge in [0.1, 0.15) is 5.69 Å². The molecular weight excluding hydrogens is 348 g/mol. The molecule has 0 spiro atoms. The number of benzene rings is 1. The van der Waals surface area contributed by atoms with Crippen molar-refractivity contribution < 1.29 is 4.79 Å². The predicted octanol–water partition coefficient (Wildman–Crippen LogP) is 3.45. The average Bonchev–Trinajstić information content (AvgIpc) is 3.40. The number of carbonyl (C=O) groups excluding carboxylic acids is 1. The van der Waals surface area contributed by atoms with Crippen molar-refractivity contribution in [1.82, 2.24) is 20.2 Å². The van der Waals surface area contributed by atoms with Gasteiger partial charge in [-0.25, -0.2) is 0 Å². The Kier molecular flexibility index (Phi) is 4.20. The second kappa shape index (κ2) is 6.74. The summed E-state index contributed by atoms with van der Waals surface area (Å²) in [7, 11) is 0. The Morgan fingerprint density at radius 3 is 3.07 bits per heavy atom. The number of amides is 1. The van der Waals surface area contributed by atoms with E-state index in [1.165, 1.54) is 36.0 Å². The van der Waals surface area contributed by atoms with Crippen molar-refractivity contribution in [1.29, 1.82) is 0 Å². The molecule has 28 heavy (non-hydrogen) atoms. The minimum Gasteiger partial charge on any atom is -0.361 e. The quantitative estimate of drug-likeness (QED) is 0.735. The Labute approximate surface area is 165 Å². The monoisotopic (exact) mass is 374 g/mol. The van der Waals surface area contributed by atoms with Crippen LogP contribution in [0.15, 0.2) is 42.7 Å². The van der Waals surface area contributed by atoms with Crippen LogP contribution in [-0.2, 0) is 19.4 Å². The number of likely N-dealkylation sites (tertiary alicyclic amines) is 1. The van der Waals surface area contributed by atoms with E-state index in [1.807, 2.05) is 18.3 Å². The van der Waals surface area contributed by atoms with Gasteiger partial charge in [-0.3, -0.25) is 14.7 Å². The molecule has 1 unspecified atom stereocenters. The van der Waals surface area contributed by atoms with Crippen LogP contribution in [0, 0.1) is 0 Å². The molecule has 144 valence electrons. The summed E-state index contributed by atoms with van der Waals surface area (Å²) in [6.45, 7) is 4.95. The fraction of sp³-hybridized carbons (Fsp3) is 0.391. The second-order valence-corrected chi connectivity index (χ2v) is 8.53. The number of aromatic nitrogens is 2. The van der Waals surface area contributed by atoms with Crippen molar-refractivity contribution >= 4 is 16.8 Å². The zero-order valence-corrected chi connectivity index (χ0v) is 16.3. The molecule has 3 heterocycles. The number of H-pyrrole nitrogens is 1. The second-order valence-electron chi connectivity index (χ2n) is 8.53. The molecular formula is C23H26N4O. The Hall–Kier alpha value is -2.66.